The lowest BCUT2D eigenvalue weighted by Crippen LogP contribution is -2.40. The molecule has 1 aromatic carbocycles. The maximum Gasteiger partial charge on any atom is 0.410 e. The van der Waals surface area contributed by atoms with Crippen LogP contribution in [0.15, 0.2) is 21.1 Å². The van der Waals surface area contributed by atoms with Gasteiger partial charge in [0, 0.05) is 26.2 Å². The fourth-order valence-corrected chi connectivity index (χ4v) is 3.15. The van der Waals surface area contributed by atoms with Crippen molar-refractivity contribution in [1.29, 1.82) is 0 Å². The molecule has 0 aliphatic carbocycles. The highest BCUT2D eigenvalue weighted by Crippen LogP contribution is 2.33. The Hall–Kier alpha value is -0.790. The van der Waals surface area contributed by atoms with Crippen LogP contribution >= 0.6 is 31.9 Å². The summed E-state index contributed by atoms with van der Waals surface area (Å²) in [4.78, 5) is 13.7. The van der Waals surface area contributed by atoms with E-state index in [-0.39, 0.29) is 11.8 Å². The molecule has 0 fully saturated rings. The van der Waals surface area contributed by atoms with E-state index < -0.39 is 5.60 Å². The van der Waals surface area contributed by atoms with E-state index in [0.29, 0.717) is 35.1 Å². The zero-order valence-electron chi connectivity index (χ0n) is 13.9. The zero-order chi connectivity index (χ0) is 17.6. The molecule has 0 saturated heterocycles. The van der Waals surface area contributed by atoms with E-state index in [1.165, 1.54) is 0 Å². The molecule has 0 aromatic heterocycles. The Balaban J connectivity index is 2.45. The van der Waals surface area contributed by atoms with Crippen molar-refractivity contribution in [2.75, 3.05) is 19.6 Å². The van der Waals surface area contributed by atoms with E-state index in [4.69, 9.17) is 4.74 Å². The number of phenols is 1. The topological polar surface area (TPSA) is 61.8 Å². The maximum absolute atomic E-state index is 12.0. The summed E-state index contributed by atoms with van der Waals surface area (Å²) >= 11 is 6.62. The molecule has 0 atom stereocenters. The fraction of sp³-hybridized carbons (Fsp3) is 0.562. The molecule has 0 heterocycles. The van der Waals surface area contributed by atoms with Crippen LogP contribution in [0.1, 0.15) is 33.3 Å². The van der Waals surface area contributed by atoms with Gasteiger partial charge in [0.2, 0.25) is 0 Å². The van der Waals surface area contributed by atoms with Crippen molar-refractivity contribution in [1.82, 2.24) is 10.2 Å². The van der Waals surface area contributed by atoms with Gasteiger partial charge >= 0.3 is 6.09 Å². The summed E-state index contributed by atoms with van der Waals surface area (Å²) in [5.41, 5.74) is 0.546. The van der Waals surface area contributed by atoms with Crippen LogP contribution in [-0.2, 0) is 11.3 Å². The highest BCUT2D eigenvalue weighted by molar-refractivity contribution is 9.11. The fourth-order valence-electron chi connectivity index (χ4n) is 1.87. The average Bonchev–Trinajstić information content (AvgIpc) is 2.42. The van der Waals surface area contributed by atoms with Gasteiger partial charge in [-0.1, -0.05) is 0 Å². The first-order chi connectivity index (χ1) is 10.6. The van der Waals surface area contributed by atoms with Gasteiger partial charge in [-0.3, -0.25) is 0 Å². The summed E-state index contributed by atoms with van der Waals surface area (Å²) in [6.45, 7) is 9.98. The third kappa shape index (κ3) is 7.10. The van der Waals surface area contributed by atoms with Gasteiger partial charge in [0.15, 0.2) is 0 Å². The molecule has 7 heteroatoms. The number of halogens is 2. The number of amides is 1. The predicted molar refractivity (Wildman–Crippen MR) is 98.7 cm³/mol. The molecule has 0 aliphatic rings. The first-order valence-corrected chi connectivity index (χ1v) is 9.08. The number of carbonyl (C=O) groups excluding carboxylic acids is 1. The molecule has 2 N–H and O–H groups in total. The number of likely N-dealkylation sites (N-methyl/N-ethyl adjacent to an activating group) is 1. The van der Waals surface area contributed by atoms with E-state index in [9.17, 15) is 9.90 Å². The first-order valence-electron chi connectivity index (χ1n) is 7.49. The van der Waals surface area contributed by atoms with Crippen LogP contribution in [0.5, 0.6) is 5.75 Å². The molecule has 130 valence electrons. The summed E-state index contributed by atoms with van der Waals surface area (Å²) in [6, 6.07) is 3.72. The molecule has 1 amide bonds. The van der Waals surface area contributed by atoms with Gasteiger partial charge in [-0.25, -0.2) is 4.79 Å². The minimum Gasteiger partial charge on any atom is -0.506 e. The second-order valence-electron chi connectivity index (χ2n) is 6.14. The van der Waals surface area contributed by atoms with Crippen molar-refractivity contribution in [3.63, 3.8) is 0 Å². The first kappa shape index (κ1) is 20.3. The number of hydrogen-bond acceptors (Lipinski definition) is 4. The van der Waals surface area contributed by atoms with Crippen LogP contribution < -0.4 is 5.32 Å². The summed E-state index contributed by atoms with van der Waals surface area (Å²) in [7, 11) is 0. The minimum atomic E-state index is -0.484. The van der Waals surface area contributed by atoms with Gasteiger partial charge in [0.05, 0.1) is 8.95 Å². The summed E-state index contributed by atoms with van der Waals surface area (Å²) in [5.74, 6) is 0.191. The maximum atomic E-state index is 12.0. The van der Waals surface area contributed by atoms with E-state index in [0.717, 1.165) is 5.56 Å². The molecule has 0 radical (unpaired) electrons. The van der Waals surface area contributed by atoms with Crippen molar-refractivity contribution < 1.29 is 14.6 Å². The van der Waals surface area contributed by atoms with Gasteiger partial charge in [-0.05, 0) is 77.3 Å². The molecule has 0 saturated carbocycles. The van der Waals surface area contributed by atoms with Crippen LogP contribution in [0.4, 0.5) is 4.79 Å². The second-order valence-corrected chi connectivity index (χ2v) is 7.85. The van der Waals surface area contributed by atoms with Crippen molar-refractivity contribution in [3.05, 3.63) is 26.6 Å². The van der Waals surface area contributed by atoms with Crippen molar-refractivity contribution in [3.8, 4) is 5.75 Å². The molecule has 0 aliphatic heterocycles. The number of aromatic hydroxyl groups is 1. The number of ether oxygens (including phenoxy) is 1. The van der Waals surface area contributed by atoms with Crippen LogP contribution in [0.2, 0.25) is 0 Å². The van der Waals surface area contributed by atoms with Crippen LogP contribution in [0.25, 0.3) is 0 Å². The van der Waals surface area contributed by atoms with E-state index >= 15 is 0 Å². The molecular weight excluding hydrogens is 428 g/mol. The molecule has 1 aromatic rings. The van der Waals surface area contributed by atoms with Crippen LogP contribution in [0.3, 0.4) is 0 Å². The van der Waals surface area contributed by atoms with Crippen molar-refractivity contribution in [2.45, 2.75) is 39.8 Å². The molecule has 23 heavy (non-hydrogen) atoms. The lowest BCUT2D eigenvalue weighted by Gasteiger charge is -2.26. The Morgan fingerprint density at radius 3 is 2.35 bits per heavy atom. The zero-order valence-corrected chi connectivity index (χ0v) is 17.1. The smallest absolute Gasteiger partial charge is 0.410 e. The van der Waals surface area contributed by atoms with Crippen molar-refractivity contribution >= 4 is 38.0 Å². The Kier molecular flexibility index (Phi) is 7.83. The summed E-state index contributed by atoms with van der Waals surface area (Å²) < 4.78 is 6.66. The number of rotatable bonds is 6. The molecule has 0 bridgehead atoms. The molecule has 0 spiro atoms. The number of hydrogen-bond donors (Lipinski definition) is 2. The largest absolute Gasteiger partial charge is 0.506 e. The third-order valence-electron chi connectivity index (χ3n) is 3.00. The van der Waals surface area contributed by atoms with Crippen molar-refractivity contribution in [2.24, 2.45) is 0 Å². The standard InChI is InChI=1S/C16H24Br2N2O3/c1-5-20(15(22)23-16(2,3)4)7-6-19-10-11-8-12(17)14(21)13(18)9-11/h8-9,19,21H,5-7,10H2,1-4H3. The number of nitrogens with zero attached hydrogens (tertiary/aromatic N) is 1. The molecule has 0 unspecified atom stereocenters. The molecular formula is C16H24Br2N2O3. The van der Waals surface area contributed by atoms with Crippen LogP contribution in [0, 0.1) is 0 Å². The lowest BCUT2D eigenvalue weighted by atomic mass is 10.2. The summed E-state index contributed by atoms with van der Waals surface area (Å²) in [5, 5.41) is 13.0. The van der Waals surface area contributed by atoms with Gasteiger partial charge < -0.3 is 20.1 Å². The number of phenolic OH excluding ortho intramolecular Hbond substituents is 1. The van der Waals surface area contributed by atoms with Gasteiger partial charge in [-0.15, -0.1) is 0 Å². The Bertz CT molecular complexity index is 522. The van der Waals surface area contributed by atoms with Gasteiger partial charge in [-0.2, -0.15) is 0 Å². The van der Waals surface area contributed by atoms with E-state index in [1.54, 1.807) is 4.90 Å². The minimum absolute atomic E-state index is 0.191. The monoisotopic (exact) mass is 450 g/mol. The number of nitrogens with one attached hydrogen (secondary N) is 1. The quantitative estimate of drug-likeness (QED) is 0.634. The number of carbonyl (C=O) groups is 1. The Morgan fingerprint density at radius 1 is 1.30 bits per heavy atom. The molecule has 5 nitrogen and oxygen atoms in total. The summed E-state index contributed by atoms with van der Waals surface area (Å²) in [6.07, 6.45) is -0.295. The lowest BCUT2D eigenvalue weighted by molar-refractivity contribution is 0.0262. The van der Waals surface area contributed by atoms with Gasteiger partial charge in [0.25, 0.3) is 0 Å². The Labute approximate surface area is 154 Å². The predicted octanol–water partition coefficient (Wildman–Crippen LogP) is 4.26. The SMILES string of the molecule is CCN(CCNCc1cc(Br)c(O)c(Br)c1)C(=O)OC(C)(C)C. The molecule has 1 rings (SSSR count). The average molecular weight is 452 g/mol. The highest BCUT2D eigenvalue weighted by atomic mass is 79.9. The second kappa shape index (κ2) is 8.89. The third-order valence-corrected chi connectivity index (χ3v) is 4.21. The highest BCUT2D eigenvalue weighted by Gasteiger charge is 2.20. The van der Waals surface area contributed by atoms with E-state index in [1.807, 2.05) is 39.8 Å². The van der Waals surface area contributed by atoms with Gasteiger partial charge in [0.1, 0.15) is 11.4 Å². The Morgan fingerprint density at radius 2 is 1.87 bits per heavy atom. The number of benzene rings is 1. The van der Waals surface area contributed by atoms with Crippen LogP contribution in [-0.4, -0.2) is 41.3 Å². The van der Waals surface area contributed by atoms with E-state index in [2.05, 4.69) is 37.2 Å². The normalized spacial score (nSPS) is 11.4.